The summed E-state index contributed by atoms with van der Waals surface area (Å²) in [5, 5.41) is 0. The first kappa shape index (κ1) is 14.1. The van der Waals surface area contributed by atoms with E-state index in [0.717, 1.165) is 6.07 Å². The average molecular weight is 286 g/mol. The van der Waals surface area contributed by atoms with Gasteiger partial charge in [0.15, 0.2) is 10.6 Å². The molecule has 0 spiro atoms. The van der Waals surface area contributed by atoms with Crippen LogP contribution < -0.4 is 0 Å². The lowest BCUT2D eigenvalue weighted by Gasteiger charge is -2.22. The van der Waals surface area contributed by atoms with Crippen LogP contribution in [0.4, 0.5) is 8.78 Å². The van der Waals surface area contributed by atoms with E-state index in [2.05, 4.69) is 4.98 Å². The Morgan fingerprint density at radius 1 is 1.37 bits per heavy atom. The molecule has 1 aromatic carbocycles. The quantitative estimate of drug-likeness (QED) is 0.866. The van der Waals surface area contributed by atoms with Crippen molar-refractivity contribution in [2.75, 3.05) is 13.7 Å². The Morgan fingerprint density at radius 2 is 2.05 bits per heavy atom. The number of methoxy groups -OCH3 is 1. The summed E-state index contributed by atoms with van der Waals surface area (Å²) in [5.41, 5.74) is 0.659. The molecule has 0 aliphatic rings. The normalized spacial score (nSPS) is 13.4. The topological polar surface area (TPSA) is 29.9 Å². The Balaban J connectivity index is 2.71. The van der Waals surface area contributed by atoms with Crippen molar-refractivity contribution in [1.29, 1.82) is 0 Å². The highest BCUT2D eigenvalue weighted by molar-refractivity contribution is 7.71. The lowest BCUT2D eigenvalue weighted by atomic mass is 10.1. The number of rotatable bonds is 4. The van der Waals surface area contributed by atoms with Crippen LogP contribution in [-0.4, -0.2) is 23.3 Å². The number of nitrogens with zero attached hydrogens (tertiary/aromatic N) is 1. The van der Waals surface area contributed by atoms with Gasteiger partial charge in [-0.25, -0.2) is 8.78 Å². The van der Waals surface area contributed by atoms with Gasteiger partial charge in [-0.05, 0) is 24.2 Å². The molecule has 104 valence electrons. The van der Waals surface area contributed by atoms with E-state index in [1.807, 2.05) is 13.8 Å². The molecule has 1 heterocycles. The van der Waals surface area contributed by atoms with Gasteiger partial charge >= 0.3 is 0 Å². The first-order valence-electron chi connectivity index (χ1n) is 6.04. The molecule has 0 radical (unpaired) electrons. The Kier molecular flexibility index (Phi) is 4.01. The van der Waals surface area contributed by atoms with Crippen LogP contribution in [0, 0.1) is 22.3 Å². The van der Waals surface area contributed by atoms with E-state index in [4.69, 9.17) is 17.0 Å². The molecule has 0 bridgehead atoms. The summed E-state index contributed by atoms with van der Waals surface area (Å²) in [5.74, 6) is -1.04. The molecule has 2 aromatic rings. The number of H-pyrrole nitrogens is 1. The number of benzene rings is 1. The molecule has 6 heteroatoms. The maximum Gasteiger partial charge on any atom is 0.178 e. The summed E-state index contributed by atoms with van der Waals surface area (Å²) in [6.45, 7) is 4.46. The van der Waals surface area contributed by atoms with Crippen molar-refractivity contribution in [1.82, 2.24) is 9.55 Å². The zero-order chi connectivity index (χ0) is 14.2. The van der Waals surface area contributed by atoms with Gasteiger partial charge in [-0.1, -0.05) is 13.8 Å². The summed E-state index contributed by atoms with van der Waals surface area (Å²) >= 11 is 5.23. The molecular formula is C13H16F2N2OS. The maximum atomic E-state index is 13.7. The summed E-state index contributed by atoms with van der Waals surface area (Å²) in [7, 11) is 1.59. The number of aromatic amines is 1. The zero-order valence-electron chi connectivity index (χ0n) is 11.0. The minimum absolute atomic E-state index is 0.0764. The average Bonchev–Trinajstić information content (AvgIpc) is 2.63. The molecule has 0 aliphatic heterocycles. The zero-order valence-corrected chi connectivity index (χ0v) is 11.9. The monoisotopic (exact) mass is 286 g/mol. The van der Waals surface area contributed by atoms with Crippen molar-refractivity contribution in [2.24, 2.45) is 5.92 Å². The highest BCUT2D eigenvalue weighted by Crippen LogP contribution is 2.27. The Bertz CT molecular complexity index is 648. The number of hydrogen-bond donors (Lipinski definition) is 1. The van der Waals surface area contributed by atoms with E-state index < -0.39 is 11.6 Å². The second kappa shape index (κ2) is 5.38. The van der Waals surface area contributed by atoms with Gasteiger partial charge in [0.1, 0.15) is 11.3 Å². The van der Waals surface area contributed by atoms with Crippen LogP contribution in [0.5, 0.6) is 0 Å². The van der Waals surface area contributed by atoms with E-state index in [1.54, 1.807) is 11.7 Å². The molecule has 0 amide bonds. The minimum Gasteiger partial charge on any atom is -0.383 e. The molecule has 0 saturated carbocycles. The number of nitrogens with one attached hydrogen (secondary N) is 1. The number of halogens is 2. The summed E-state index contributed by atoms with van der Waals surface area (Å²) in [6.07, 6.45) is 0. The van der Waals surface area contributed by atoms with Crippen molar-refractivity contribution in [2.45, 2.75) is 19.9 Å². The van der Waals surface area contributed by atoms with Crippen molar-refractivity contribution in [3.8, 4) is 0 Å². The first-order chi connectivity index (χ1) is 8.95. The number of hydrogen-bond acceptors (Lipinski definition) is 2. The number of fused-ring (bicyclic) bond motifs is 1. The van der Waals surface area contributed by atoms with Gasteiger partial charge in [-0.2, -0.15) is 0 Å². The Morgan fingerprint density at radius 3 is 2.63 bits per heavy atom. The second-order valence-corrected chi connectivity index (χ2v) is 5.24. The van der Waals surface area contributed by atoms with Crippen molar-refractivity contribution in [3.63, 3.8) is 0 Å². The highest BCUT2D eigenvalue weighted by atomic mass is 32.1. The summed E-state index contributed by atoms with van der Waals surface area (Å²) in [6, 6.07) is 2.06. The largest absolute Gasteiger partial charge is 0.383 e. The van der Waals surface area contributed by atoms with Crippen LogP contribution in [0.3, 0.4) is 0 Å². The van der Waals surface area contributed by atoms with Gasteiger partial charge in [0.25, 0.3) is 0 Å². The molecule has 2 rings (SSSR count). The van der Waals surface area contributed by atoms with Crippen LogP contribution in [0.15, 0.2) is 12.1 Å². The molecule has 0 aliphatic carbocycles. The van der Waals surface area contributed by atoms with Crippen molar-refractivity contribution in [3.05, 3.63) is 28.5 Å². The predicted octanol–water partition coefficient (Wildman–Crippen LogP) is 3.82. The molecule has 0 fully saturated rings. The SMILES string of the molecule is COCC(C(C)C)n1c(=S)[nH]c2c(F)cc(F)cc21. The van der Waals surface area contributed by atoms with E-state index in [0.29, 0.717) is 16.9 Å². The number of aromatic nitrogens is 2. The fraction of sp³-hybridized carbons (Fsp3) is 0.462. The summed E-state index contributed by atoms with van der Waals surface area (Å²) in [4.78, 5) is 2.80. The standard InChI is InChI=1S/C13H16F2N2OS/c1-7(2)11(6-18-3)17-10-5-8(14)4-9(15)12(10)16-13(17)19/h4-5,7,11H,6H2,1-3H3,(H,16,19). The van der Waals surface area contributed by atoms with Gasteiger partial charge in [0.05, 0.1) is 18.2 Å². The van der Waals surface area contributed by atoms with E-state index in [1.165, 1.54) is 6.07 Å². The highest BCUT2D eigenvalue weighted by Gasteiger charge is 2.20. The van der Waals surface area contributed by atoms with Crippen LogP contribution in [-0.2, 0) is 4.74 Å². The number of imidazole rings is 1. The van der Waals surface area contributed by atoms with Crippen LogP contribution >= 0.6 is 12.2 Å². The Hall–Kier alpha value is -1.27. The van der Waals surface area contributed by atoms with E-state index in [9.17, 15) is 8.78 Å². The van der Waals surface area contributed by atoms with Crippen LogP contribution in [0.1, 0.15) is 19.9 Å². The molecule has 1 aromatic heterocycles. The van der Waals surface area contributed by atoms with Crippen molar-refractivity contribution >= 4 is 23.3 Å². The second-order valence-electron chi connectivity index (χ2n) is 4.85. The van der Waals surface area contributed by atoms with Gasteiger partial charge in [0.2, 0.25) is 0 Å². The van der Waals surface area contributed by atoms with Crippen molar-refractivity contribution < 1.29 is 13.5 Å². The fourth-order valence-electron chi connectivity index (χ4n) is 2.22. The maximum absolute atomic E-state index is 13.7. The molecule has 3 nitrogen and oxygen atoms in total. The predicted molar refractivity (Wildman–Crippen MR) is 72.8 cm³/mol. The van der Waals surface area contributed by atoms with Gasteiger partial charge in [0, 0.05) is 13.2 Å². The molecule has 1 atom stereocenters. The first-order valence-corrected chi connectivity index (χ1v) is 6.44. The molecule has 1 unspecified atom stereocenters. The number of ether oxygens (including phenoxy) is 1. The van der Waals surface area contributed by atoms with Gasteiger partial charge < -0.3 is 14.3 Å². The fourth-order valence-corrected chi connectivity index (χ4v) is 2.55. The van der Waals surface area contributed by atoms with Crippen LogP contribution in [0.2, 0.25) is 0 Å². The van der Waals surface area contributed by atoms with E-state index >= 15 is 0 Å². The minimum atomic E-state index is -0.639. The lowest BCUT2D eigenvalue weighted by Crippen LogP contribution is -2.20. The third-order valence-corrected chi connectivity index (χ3v) is 3.48. The molecule has 19 heavy (non-hydrogen) atoms. The van der Waals surface area contributed by atoms with Crippen LogP contribution in [0.25, 0.3) is 11.0 Å². The lowest BCUT2D eigenvalue weighted by molar-refractivity contribution is 0.134. The summed E-state index contributed by atoms with van der Waals surface area (Å²) < 4.78 is 34.4. The Labute approximate surface area is 115 Å². The molecule has 0 saturated heterocycles. The molecular weight excluding hydrogens is 270 g/mol. The van der Waals surface area contributed by atoms with E-state index in [-0.39, 0.29) is 17.5 Å². The van der Waals surface area contributed by atoms with Gasteiger partial charge in [-0.3, -0.25) is 0 Å². The third kappa shape index (κ3) is 2.55. The molecule has 1 N–H and O–H groups in total. The third-order valence-electron chi connectivity index (χ3n) is 3.18. The van der Waals surface area contributed by atoms with Gasteiger partial charge in [-0.15, -0.1) is 0 Å². The smallest absolute Gasteiger partial charge is 0.178 e.